The second-order valence-corrected chi connectivity index (χ2v) is 12.4. The fourth-order valence-corrected chi connectivity index (χ4v) is 8.10. The van der Waals surface area contributed by atoms with E-state index >= 15 is 0 Å². The highest BCUT2D eigenvalue weighted by Gasteiger charge is 2.39. The van der Waals surface area contributed by atoms with Gasteiger partial charge >= 0.3 is 0 Å². The second-order valence-electron chi connectivity index (χ2n) is 12.4. The molecule has 2 aliphatic carbocycles. The lowest BCUT2D eigenvalue weighted by molar-refractivity contribution is 0.557. The van der Waals surface area contributed by atoms with Gasteiger partial charge in [-0.2, -0.15) is 0 Å². The molecule has 0 fully saturated rings. The number of para-hydroxylation sites is 3. The first-order valence-electron chi connectivity index (χ1n) is 16.0. The van der Waals surface area contributed by atoms with E-state index in [1.807, 2.05) is 0 Å². The van der Waals surface area contributed by atoms with Gasteiger partial charge in [-0.25, -0.2) is 0 Å². The average molecular weight is 567 g/mol. The van der Waals surface area contributed by atoms with Crippen LogP contribution in [0.15, 0.2) is 157 Å². The molecule has 3 unspecified atom stereocenters. The van der Waals surface area contributed by atoms with Crippen LogP contribution in [0.3, 0.4) is 0 Å². The zero-order valence-electron chi connectivity index (χ0n) is 24.7. The van der Waals surface area contributed by atoms with Gasteiger partial charge in [0.05, 0.1) is 17.1 Å². The number of nitrogens with zero attached hydrogens (tertiary/aromatic N) is 2. The Labute approximate surface area is 258 Å². The van der Waals surface area contributed by atoms with Crippen molar-refractivity contribution in [2.24, 2.45) is 0 Å². The van der Waals surface area contributed by atoms with E-state index in [9.17, 15) is 0 Å². The minimum absolute atomic E-state index is 0.307. The fraction of sp³-hybridized carbons (Fsp3) is 0.143. The van der Waals surface area contributed by atoms with Crippen LogP contribution >= 0.6 is 0 Å². The molecule has 5 aromatic carbocycles. The lowest BCUT2D eigenvalue weighted by Crippen LogP contribution is -2.34. The second kappa shape index (κ2) is 10.3. The van der Waals surface area contributed by atoms with E-state index in [1.54, 1.807) is 0 Å². The van der Waals surface area contributed by atoms with Crippen molar-refractivity contribution >= 4 is 27.5 Å². The molecule has 0 saturated carbocycles. The van der Waals surface area contributed by atoms with Gasteiger partial charge in [-0.1, -0.05) is 115 Å². The zero-order chi connectivity index (χ0) is 29.0. The molecular formula is C42H34N2. The number of rotatable bonds is 4. The summed E-state index contributed by atoms with van der Waals surface area (Å²) in [4.78, 5) is 2.64. The third-order valence-corrected chi connectivity index (χ3v) is 10.0. The van der Waals surface area contributed by atoms with Crippen LogP contribution < -0.4 is 4.90 Å². The van der Waals surface area contributed by atoms with Crippen LogP contribution in [0.4, 0.5) is 5.69 Å². The van der Waals surface area contributed by atoms with E-state index in [2.05, 4.69) is 161 Å². The first-order valence-corrected chi connectivity index (χ1v) is 16.0. The Morgan fingerprint density at radius 2 is 1.36 bits per heavy atom. The molecule has 1 aliphatic heterocycles. The van der Waals surface area contributed by atoms with E-state index in [-0.39, 0.29) is 0 Å². The van der Waals surface area contributed by atoms with Gasteiger partial charge in [0.1, 0.15) is 0 Å². The molecule has 44 heavy (non-hydrogen) atoms. The van der Waals surface area contributed by atoms with E-state index in [4.69, 9.17) is 0 Å². The normalized spacial score (nSPS) is 20.6. The minimum atomic E-state index is 0.307. The SMILES string of the molecule is C1=CC(c2ccccc2-c2cccc(-n3c4ccccc4c4ccccc43)c2)CC(N2c3ccccc3C3CCC=CC32)=C1. The van der Waals surface area contributed by atoms with Crippen LogP contribution in [0.5, 0.6) is 0 Å². The molecule has 0 bridgehead atoms. The van der Waals surface area contributed by atoms with Gasteiger partial charge in [-0.3, -0.25) is 0 Å². The summed E-state index contributed by atoms with van der Waals surface area (Å²) in [5.41, 5.74) is 11.9. The van der Waals surface area contributed by atoms with Crippen molar-refractivity contribution in [2.45, 2.75) is 37.1 Å². The smallest absolute Gasteiger partial charge is 0.0588 e. The van der Waals surface area contributed by atoms with Crippen molar-refractivity contribution in [1.29, 1.82) is 0 Å². The molecule has 2 heteroatoms. The van der Waals surface area contributed by atoms with Gasteiger partial charge in [0, 0.05) is 39.7 Å². The highest BCUT2D eigenvalue weighted by Crippen LogP contribution is 2.49. The molecule has 3 atom stereocenters. The molecule has 0 saturated heterocycles. The van der Waals surface area contributed by atoms with Gasteiger partial charge in [0.15, 0.2) is 0 Å². The summed E-state index contributed by atoms with van der Waals surface area (Å²) < 4.78 is 2.41. The maximum atomic E-state index is 2.64. The predicted octanol–water partition coefficient (Wildman–Crippen LogP) is 10.7. The van der Waals surface area contributed by atoms with Gasteiger partial charge in [0.25, 0.3) is 0 Å². The molecule has 0 radical (unpaired) electrons. The maximum Gasteiger partial charge on any atom is 0.0588 e. The number of fused-ring (bicyclic) bond motifs is 6. The molecule has 6 aromatic rings. The Morgan fingerprint density at radius 3 is 2.20 bits per heavy atom. The van der Waals surface area contributed by atoms with Crippen LogP contribution in [-0.2, 0) is 0 Å². The zero-order valence-corrected chi connectivity index (χ0v) is 24.7. The molecule has 2 heterocycles. The third-order valence-electron chi connectivity index (χ3n) is 10.0. The molecule has 0 amide bonds. The van der Waals surface area contributed by atoms with E-state index < -0.39 is 0 Å². The first-order chi connectivity index (χ1) is 21.8. The summed E-state index contributed by atoms with van der Waals surface area (Å²) in [6, 6.07) is 45.1. The molecule has 2 nitrogen and oxygen atoms in total. The molecule has 1 aromatic heterocycles. The molecule has 212 valence electrons. The summed E-state index contributed by atoms with van der Waals surface area (Å²) in [6.45, 7) is 0. The van der Waals surface area contributed by atoms with Crippen molar-refractivity contribution in [2.75, 3.05) is 4.90 Å². The lowest BCUT2D eigenvalue weighted by atomic mass is 9.84. The molecular weight excluding hydrogens is 532 g/mol. The standard InChI is InChI=1S/C42H34N2/c1-2-18-34(30-14-12-16-32(28-30)44-41-25-9-5-21-37(41)38-22-6-10-26-42(38)44)33(17-1)29-13-11-15-31(27-29)43-39-23-7-3-19-35(39)36-20-4-8-24-40(36)43/h1-5,7-21,23-27,30,38,42H,6,22,28H2. The first kappa shape index (κ1) is 25.4. The average Bonchev–Trinajstić information content (AvgIpc) is 3.62. The summed E-state index contributed by atoms with van der Waals surface area (Å²) in [7, 11) is 0. The summed E-state index contributed by atoms with van der Waals surface area (Å²) in [6.07, 6.45) is 15.3. The van der Waals surface area contributed by atoms with Crippen molar-refractivity contribution in [3.8, 4) is 16.8 Å². The lowest BCUT2D eigenvalue weighted by Gasteiger charge is -2.34. The van der Waals surface area contributed by atoms with Crippen molar-refractivity contribution in [3.63, 3.8) is 0 Å². The Bertz CT molecular complexity index is 2090. The highest BCUT2D eigenvalue weighted by molar-refractivity contribution is 6.09. The summed E-state index contributed by atoms with van der Waals surface area (Å²) >= 11 is 0. The number of anilines is 1. The Morgan fingerprint density at radius 1 is 0.636 bits per heavy atom. The van der Waals surface area contributed by atoms with Crippen LogP contribution in [0.25, 0.3) is 38.6 Å². The Balaban J connectivity index is 1.10. The number of allylic oxidation sites excluding steroid dienone is 5. The van der Waals surface area contributed by atoms with Gasteiger partial charge in [-0.15, -0.1) is 0 Å². The van der Waals surface area contributed by atoms with Gasteiger partial charge in [-0.05, 0) is 77.9 Å². The van der Waals surface area contributed by atoms with E-state index in [1.165, 1.54) is 74.0 Å². The number of hydrogen-bond acceptors (Lipinski definition) is 1. The topological polar surface area (TPSA) is 8.17 Å². The Hall–Kier alpha value is -5.08. The van der Waals surface area contributed by atoms with Crippen LogP contribution in [0, 0.1) is 0 Å². The largest absolute Gasteiger partial charge is 0.337 e. The number of benzene rings is 5. The van der Waals surface area contributed by atoms with Gasteiger partial charge in [0.2, 0.25) is 0 Å². The minimum Gasteiger partial charge on any atom is -0.337 e. The number of aromatic nitrogens is 1. The molecule has 0 N–H and O–H groups in total. The predicted molar refractivity (Wildman–Crippen MR) is 185 cm³/mol. The van der Waals surface area contributed by atoms with Gasteiger partial charge < -0.3 is 9.47 Å². The van der Waals surface area contributed by atoms with Crippen molar-refractivity contribution in [1.82, 2.24) is 4.57 Å². The third kappa shape index (κ3) is 3.94. The van der Waals surface area contributed by atoms with E-state index in [0.29, 0.717) is 17.9 Å². The fourth-order valence-electron chi connectivity index (χ4n) is 8.10. The molecule has 9 rings (SSSR count). The van der Waals surface area contributed by atoms with Crippen LogP contribution in [-0.4, -0.2) is 10.6 Å². The molecule has 3 aliphatic rings. The highest BCUT2D eigenvalue weighted by atomic mass is 15.2. The summed E-state index contributed by atoms with van der Waals surface area (Å²) in [5, 5.41) is 2.58. The Kier molecular flexibility index (Phi) is 5.94. The van der Waals surface area contributed by atoms with E-state index in [0.717, 1.165) is 6.42 Å². The number of hydrogen-bond donors (Lipinski definition) is 0. The quantitative estimate of drug-likeness (QED) is 0.193. The monoisotopic (exact) mass is 566 g/mol. The van der Waals surface area contributed by atoms with Crippen LogP contribution in [0.2, 0.25) is 0 Å². The van der Waals surface area contributed by atoms with Crippen molar-refractivity contribution < 1.29 is 0 Å². The molecule has 0 spiro atoms. The maximum absolute atomic E-state index is 2.64. The van der Waals surface area contributed by atoms with Crippen molar-refractivity contribution in [3.05, 3.63) is 169 Å². The van der Waals surface area contributed by atoms with Crippen LogP contribution in [0.1, 0.15) is 42.2 Å². The summed E-state index contributed by atoms with van der Waals surface area (Å²) in [5.74, 6) is 0.888.